The number of anilines is 3. The van der Waals surface area contributed by atoms with E-state index < -0.39 is 31.8 Å². The molecule has 4 aromatic rings. The third kappa shape index (κ3) is 4.42. The number of hydrogen-bond donors (Lipinski definition) is 2. The molecule has 5 rings (SSSR count). The standard InChI is InChI=1S/C24H20FN5O5S2/c1-29-23-21(24(31)26-16-10-12-17(13-11-16)28-36(2,32)33)27-30(18-7-5-6-15(25)14-18)22(23)19-8-3-4-9-20(19)37(29,34)35/h3-14,28H,1-2H3,(H,26,31). The summed E-state index contributed by atoms with van der Waals surface area (Å²) in [6, 6.07) is 17.8. The average Bonchev–Trinajstić information content (AvgIpc) is 3.24. The largest absolute Gasteiger partial charge is 0.321 e. The lowest BCUT2D eigenvalue weighted by molar-refractivity contribution is 0.102. The minimum Gasteiger partial charge on any atom is -0.321 e. The van der Waals surface area contributed by atoms with Gasteiger partial charge in [0.1, 0.15) is 17.2 Å². The number of fused-ring (bicyclic) bond motifs is 3. The van der Waals surface area contributed by atoms with Gasteiger partial charge in [-0.15, -0.1) is 0 Å². The fraction of sp³-hybridized carbons (Fsp3) is 0.0833. The van der Waals surface area contributed by atoms with Crippen LogP contribution in [0.4, 0.5) is 21.5 Å². The average molecular weight is 542 g/mol. The summed E-state index contributed by atoms with van der Waals surface area (Å²) >= 11 is 0. The lowest BCUT2D eigenvalue weighted by Gasteiger charge is -2.27. The zero-order valence-electron chi connectivity index (χ0n) is 19.5. The van der Waals surface area contributed by atoms with Crippen LogP contribution in [0.1, 0.15) is 10.5 Å². The Bertz CT molecular complexity index is 1770. The monoisotopic (exact) mass is 541 g/mol. The van der Waals surface area contributed by atoms with Crippen molar-refractivity contribution in [3.05, 3.63) is 84.3 Å². The number of nitrogens with zero attached hydrogens (tertiary/aromatic N) is 3. The quantitative estimate of drug-likeness (QED) is 0.398. The van der Waals surface area contributed by atoms with Gasteiger partial charge in [-0.05, 0) is 48.5 Å². The van der Waals surface area contributed by atoms with Gasteiger partial charge < -0.3 is 5.32 Å². The number of rotatable bonds is 5. The molecule has 0 saturated carbocycles. The lowest BCUT2D eigenvalue weighted by Crippen LogP contribution is -2.32. The van der Waals surface area contributed by atoms with Crippen LogP contribution >= 0.6 is 0 Å². The lowest BCUT2D eigenvalue weighted by atomic mass is 10.1. The zero-order valence-corrected chi connectivity index (χ0v) is 21.1. The van der Waals surface area contributed by atoms with Crippen molar-refractivity contribution in [2.24, 2.45) is 0 Å². The Morgan fingerprint density at radius 3 is 2.32 bits per heavy atom. The van der Waals surface area contributed by atoms with Crippen molar-refractivity contribution in [2.45, 2.75) is 4.90 Å². The van der Waals surface area contributed by atoms with Gasteiger partial charge in [-0.2, -0.15) is 5.10 Å². The van der Waals surface area contributed by atoms with Crippen molar-refractivity contribution in [1.29, 1.82) is 0 Å². The Balaban J connectivity index is 1.64. The summed E-state index contributed by atoms with van der Waals surface area (Å²) in [5.74, 6) is -1.24. The summed E-state index contributed by atoms with van der Waals surface area (Å²) in [5.41, 5.74) is 1.40. The molecule has 2 N–H and O–H groups in total. The van der Waals surface area contributed by atoms with Gasteiger partial charge in [-0.1, -0.05) is 24.3 Å². The number of halogens is 1. The minimum atomic E-state index is -4.00. The molecule has 3 aromatic carbocycles. The van der Waals surface area contributed by atoms with E-state index in [-0.39, 0.29) is 16.3 Å². The van der Waals surface area contributed by atoms with Crippen LogP contribution in [0.15, 0.2) is 77.7 Å². The minimum absolute atomic E-state index is 0.0310. The number of aromatic nitrogens is 2. The molecule has 10 nitrogen and oxygen atoms in total. The first-order valence-electron chi connectivity index (χ1n) is 10.8. The first-order valence-corrected chi connectivity index (χ1v) is 14.2. The molecule has 1 amide bonds. The molecule has 0 atom stereocenters. The van der Waals surface area contributed by atoms with Gasteiger partial charge >= 0.3 is 0 Å². The SMILES string of the molecule is CN1c2c(C(=O)Nc3ccc(NS(C)(=O)=O)cc3)nn(-c3cccc(F)c3)c2-c2ccccc2S1(=O)=O. The highest BCUT2D eigenvalue weighted by atomic mass is 32.2. The van der Waals surface area contributed by atoms with E-state index >= 15 is 0 Å². The molecule has 0 unspecified atom stereocenters. The van der Waals surface area contributed by atoms with E-state index in [1.807, 2.05) is 0 Å². The van der Waals surface area contributed by atoms with Gasteiger partial charge in [0.2, 0.25) is 10.0 Å². The molecule has 2 heterocycles. The van der Waals surface area contributed by atoms with Crippen molar-refractivity contribution in [1.82, 2.24) is 9.78 Å². The van der Waals surface area contributed by atoms with Gasteiger partial charge in [0, 0.05) is 24.0 Å². The van der Waals surface area contributed by atoms with Crippen LogP contribution in [0.3, 0.4) is 0 Å². The molecule has 37 heavy (non-hydrogen) atoms. The molecule has 0 aliphatic carbocycles. The van der Waals surface area contributed by atoms with Crippen LogP contribution < -0.4 is 14.3 Å². The van der Waals surface area contributed by atoms with E-state index in [0.717, 1.165) is 10.6 Å². The highest BCUT2D eigenvalue weighted by Crippen LogP contribution is 2.45. The van der Waals surface area contributed by atoms with E-state index in [4.69, 9.17) is 0 Å². The third-order valence-electron chi connectivity index (χ3n) is 5.67. The first-order chi connectivity index (χ1) is 17.5. The maximum Gasteiger partial charge on any atom is 0.278 e. The maximum absolute atomic E-state index is 14.1. The predicted molar refractivity (Wildman–Crippen MR) is 137 cm³/mol. The number of amides is 1. The Morgan fingerprint density at radius 2 is 1.65 bits per heavy atom. The number of hydrogen-bond acceptors (Lipinski definition) is 6. The van der Waals surface area contributed by atoms with Crippen LogP contribution in [-0.4, -0.2) is 45.8 Å². The molecule has 1 aliphatic rings. The summed E-state index contributed by atoms with van der Waals surface area (Å²) in [6.07, 6.45) is 1.02. The molecular formula is C24H20FN5O5S2. The Kier molecular flexibility index (Phi) is 5.76. The van der Waals surface area contributed by atoms with Gasteiger partial charge in [-0.25, -0.2) is 25.9 Å². The summed E-state index contributed by atoms with van der Waals surface area (Å²) in [4.78, 5) is 13.4. The van der Waals surface area contributed by atoms with Crippen LogP contribution in [0.25, 0.3) is 16.9 Å². The number of nitrogens with one attached hydrogen (secondary N) is 2. The highest BCUT2D eigenvalue weighted by Gasteiger charge is 2.39. The maximum atomic E-state index is 14.1. The summed E-state index contributed by atoms with van der Waals surface area (Å²) in [6.45, 7) is 0. The van der Waals surface area contributed by atoms with Crippen molar-refractivity contribution < 1.29 is 26.0 Å². The topological polar surface area (TPSA) is 130 Å². The highest BCUT2D eigenvalue weighted by molar-refractivity contribution is 7.93. The Morgan fingerprint density at radius 1 is 0.973 bits per heavy atom. The second-order valence-corrected chi connectivity index (χ2v) is 12.0. The number of sulfonamides is 2. The zero-order chi connectivity index (χ0) is 26.5. The Labute approximate surface area is 212 Å². The molecule has 0 spiro atoms. The van der Waals surface area contributed by atoms with Crippen molar-refractivity contribution in [3.8, 4) is 16.9 Å². The molecule has 1 aromatic heterocycles. The van der Waals surface area contributed by atoms with Crippen molar-refractivity contribution in [3.63, 3.8) is 0 Å². The van der Waals surface area contributed by atoms with Gasteiger partial charge in [0.25, 0.3) is 15.9 Å². The summed E-state index contributed by atoms with van der Waals surface area (Å²) < 4.78 is 68.2. The van der Waals surface area contributed by atoms with Gasteiger partial charge in [0.15, 0.2) is 5.69 Å². The van der Waals surface area contributed by atoms with E-state index in [1.165, 1.54) is 60.3 Å². The Hall–Kier alpha value is -4.23. The molecule has 0 saturated heterocycles. The predicted octanol–water partition coefficient (Wildman–Crippen LogP) is 3.44. The van der Waals surface area contributed by atoms with Gasteiger partial charge in [0.05, 0.1) is 16.8 Å². The fourth-order valence-electron chi connectivity index (χ4n) is 4.08. The second-order valence-electron chi connectivity index (χ2n) is 8.31. The van der Waals surface area contributed by atoms with Crippen LogP contribution in [0.2, 0.25) is 0 Å². The number of carbonyl (C=O) groups is 1. The fourth-order valence-corrected chi connectivity index (χ4v) is 6.04. The molecule has 0 radical (unpaired) electrons. The summed E-state index contributed by atoms with van der Waals surface area (Å²) in [5, 5.41) is 7.08. The molecule has 13 heteroatoms. The number of benzene rings is 3. The molecular weight excluding hydrogens is 521 g/mol. The number of carbonyl (C=O) groups excluding carboxylic acids is 1. The molecule has 190 valence electrons. The normalized spacial score (nSPS) is 14.0. The third-order valence-corrected chi connectivity index (χ3v) is 8.09. The molecule has 0 fully saturated rings. The van der Waals surface area contributed by atoms with Crippen LogP contribution in [-0.2, 0) is 20.0 Å². The molecule has 1 aliphatic heterocycles. The van der Waals surface area contributed by atoms with E-state index in [9.17, 15) is 26.0 Å². The smallest absolute Gasteiger partial charge is 0.278 e. The van der Waals surface area contributed by atoms with E-state index in [1.54, 1.807) is 24.3 Å². The molecule has 0 bridgehead atoms. The van der Waals surface area contributed by atoms with E-state index in [2.05, 4.69) is 15.1 Å². The first kappa shape index (κ1) is 24.5. The van der Waals surface area contributed by atoms with Crippen LogP contribution in [0, 0.1) is 5.82 Å². The van der Waals surface area contributed by atoms with Gasteiger partial charge in [-0.3, -0.25) is 13.8 Å². The van der Waals surface area contributed by atoms with Crippen LogP contribution in [0.5, 0.6) is 0 Å². The van der Waals surface area contributed by atoms with Crippen molar-refractivity contribution in [2.75, 3.05) is 27.6 Å². The van der Waals surface area contributed by atoms with E-state index in [0.29, 0.717) is 28.3 Å². The van der Waals surface area contributed by atoms with Crippen molar-refractivity contribution >= 4 is 43.0 Å². The summed E-state index contributed by atoms with van der Waals surface area (Å²) in [7, 11) is -6.15. The second kappa shape index (κ2) is 8.71.